The molecular formula is C24H21N5O5. The van der Waals surface area contributed by atoms with Crippen molar-refractivity contribution in [2.75, 3.05) is 21.3 Å². The van der Waals surface area contributed by atoms with E-state index in [0.29, 0.717) is 39.8 Å². The van der Waals surface area contributed by atoms with Gasteiger partial charge >= 0.3 is 0 Å². The van der Waals surface area contributed by atoms with E-state index in [9.17, 15) is 4.79 Å². The molecule has 0 aliphatic carbocycles. The van der Waals surface area contributed by atoms with Gasteiger partial charge in [0, 0.05) is 24.0 Å². The second-order valence-corrected chi connectivity index (χ2v) is 7.37. The number of nitrogens with zero attached hydrogens (tertiary/aromatic N) is 5. The molecule has 0 radical (unpaired) electrons. The van der Waals surface area contributed by atoms with Crippen molar-refractivity contribution < 1.29 is 18.7 Å². The van der Waals surface area contributed by atoms with E-state index in [2.05, 4.69) is 15.2 Å². The summed E-state index contributed by atoms with van der Waals surface area (Å²) in [6, 6.07) is 14.6. The first kappa shape index (κ1) is 21.3. The Balaban J connectivity index is 1.46. The van der Waals surface area contributed by atoms with Gasteiger partial charge in [-0.25, -0.2) is 4.52 Å². The molecule has 0 amide bonds. The summed E-state index contributed by atoms with van der Waals surface area (Å²) in [4.78, 5) is 17.6. The predicted octanol–water partition coefficient (Wildman–Crippen LogP) is 3.29. The number of para-hydroxylation sites is 1. The number of hydrogen-bond acceptors (Lipinski definition) is 8. The van der Waals surface area contributed by atoms with Crippen molar-refractivity contribution in [2.24, 2.45) is 0 Å². The van der Waals surface area contributed by atoms with Crippen LogP contribution in [0, 0.1) is 0 Å². The molecule has 0 bridgehead atoms. The highest BCUT2D eigenvalue weighted by atomic mass is 16.5. The first-order chi connectivity index (χ1) is 16.6. The van der Waals surface area contributed by atoms with E-state index >= 15 is 0 Å². The minimum Gasteiger partial charge on any atom is -0.497 e. The SMILES string of the molecule is COc1ccc(-c2noc(Cn3ccn4nc(-c5ccccc5OC)cc4c3=O)n2)c(OC)c1. The summed E-state index contributed by atoms with van der Waals surface area (Å²) in [6.45, 7) is 0.107. The Labute approximate surface area is 193 Å². The molecule has 5 rings (SSSR count). The molecule has 2 aromatic carbocycles. The Morgan fingerprint density at radius 2 is 1.74 bits per heavy atom. The highest BCUT2D eigenvalue weighted by Gasteiger charge is 2.17. The molecule has 3 heterocycles. The molecule has 10 heteroatoms. The summed E-state index contributed by atoms with van der Waals surface area (Å²) in [5.74, 6) is 2.51. The van der Waals surface area contributed by atoms with Crippen molar-refractivity contribution in [2.45, 2.75) is 6.54 Å². The first-order valence-electron chi connectivity index (χ1n) is 10.4. The molecule has 0 aliphatic heterocycles. The topological polar surface area (TPSA) is 106 Å². The van der Waals surface area contributed by atoms with Gasteiger partial charge in [0.1, 0.15) is 29.3 Å². The lowest BCUT2D eigenvalue weighted by Crippen LogP contribution is -2.21. The Hall–Kier alpha value is -4.60. The maximum absolute atomic E-state index is 13.1. The quantitative estimate of drug-likeness (QED) is 0.365. The number of ether oxygens (including phenoxy) is 3. The summed E-state index contributed by atoms with van der Waals surface area (Å²) in [5, 5.41) is 8.57. The molecule has 5 aromatic rings. The van der Waals surface area contributed by atoms with Crippen LogP contribution in [0.5, 0.6) is 17.2 Å². The molecule has 0 spiro atoms. The minimum absolute atomic E-state index is 0.107. The lowest BCUT2D eigenvalue weighted by molar-refractivity contribution is 0.369. The van der Waals surface area contributed by atoms with Gasteiger partial charge in [0.05, 0.1) is 32.6 Å². The Morgan fingerprint density at radius 1 is 0.912 bits per heavy atom. The van der Waals surface area contributed by atoms with Gasteiger partial charge in [-0.1, -0.05) is 17.3 Å². The van der Waals surface area contributed by atoms with Crippen LogP contribution in [-0.2, 0) is 6.54 Å². The van der Waals surface area contributed by atoms with Crippen molar-refractivity contribution in [1.82, 2.24) is 24.3 Å². The van der Waals surface area contributed by atoms with E-state index < -0.39 is 0 Å². The third-order valence-electron chi connectivity index (χ3n) is 5.41. The first-order valence-corrected chi connectivity index (χ1v) is 10.4. The highest BCUT2D eigenvalue weighted by molar-refractivity contribution is 5.71. The van der Waals surface area contributed by atoms with Crippen LogP contribution in [0.25, 0.3) is 28.2 Å². The Morgan fingerprint density at radius 3 is 2.53 bits per heavy atom. The molecule has 0 aliphatic rings. The average molecular weight is 459 g/mol. The fourth-order valence-corrected chi connectivity index (χ4v) is 3.70. The van der Waals surface area contributed by atoms with Crippen LogP contribution in [0.3, 0.4) is 0 Å². The van der Waals surface area contributed by atoms with Gasteiger partial charge in [-0.2, -0.15) is 10.1 Å². The maximum Gasteiger partial charge on any atom is 0.277 e. The molecule has 0 N–H and O–H groups in total. The standard InChI is InChI=1S/C24H21N5O5/c1-31-15-8-9-17(21(12-15)33-3)23-25-22(34-27-23)14-28-10-11-29-19(24(28)30)13-18(26-29)16-6-4-5-7-20(16)32-2/h4-13H,14H2,1-3H3. The maximum atomic E-state index is 13.1. The third-order valence-corrected chi connectivity index (χ3v) is 5.41. The lowest BCUT2D eigenvalue weighted by Gasteiger charge is -2.07. The zero-order chi connectivity index (χ0) is 23.7. The summed E-state index contributed by atoms with van der Waals surface area (Å²) in [6.07, 6.45) is 3.34. The Bertz CT molecular complexity index is 1530. The van der Waals surface area contributed by atoms with Crippen LogP contribution >= 0.6 is 0 Å². The number of hydrogen-bond donors (Lipinski definition) is 0. The monoisotopic (exact) mass is 459 g/mol. The fourth-order valence-electron chi connectivity index (χ4n) is 3.70. The number of rotatable bonds is 7. The molecule has 0 fully saturated rings. The molecule has 172 valence electrons. The van der Waals surface area contributed by atoms with E-state index in [4.69, 9.17) is 18.7 Å². The van der Waals surface area contributed by atoms with E-state index in [1.54, 1.807) is 62.5 Å². The van der Waals surface area contributed by atoms with Gasteiger partial charge < -0.3 is 23.3 Å². The van der Waals surface area contributed by atoms with E-state index in [0.717, 1.165) is 5.56 Å². The summed E-state index contributed by atoms with van der Waals surface area (Å²) >= 11 is 0. The fraction of sp³-hybridized carbons (Fsp3) is 0.167. The van der Waals surface area contributed by atoms with Crippen LogP contribution in [0.2, 0.25) is 0 Å². The molecule has 0 saturated heterocycles. The normalized spacial score (nSPS) is 11.0. The number of fused-ring (bicyclic) bond motifs is 1. The number of aromatic nitrogens is 5. The van der Waals surface area contributed by atoms with Crippen molar-refractivity contribution in [3.8, 4) is 39.9 Å². The summed E-state index contributed by atoms with van der Waals surface area (Å²) < 4.78 is 24.5. The molecule has 10 nitrogen and oxygen atoms in total. The van der Waals surface area contributed by atoms with Crippen molar-refractivity contribution in [1.29, 1.82) is 0 Å². The third kappa shape index (κ3) is 3.75. The summed E-state index contributed by atoms with van der Waals surface area (Å²) in [5.41, 5.74) is 2.27. The molecule has 0 unspecified atom stereocenters. The Kier molecular flexibility index (Phi) is 5.46. The second kappa shape index (κ2) is 8.74. The molecule has 0 saturated carbocycles. The van der Waals surface area contributed by atoms with Crippen LogP contribution in [-0.4, -0.2) is 45.7 Å². The highest BCUT2D eigenvalue weighted by Crippen LogP contribution is 2.32. The number of benzene rings is 2. The molecule has 3 aromatic heterocycles. The van der Waals surface area contributed by atoms with Crippen LogP contribution in [0.1, 0.15) is 5.89 Å². The molecule has 34 heavy (non-hydrogen) atoms. The number of methoxy groups -OCH3 is 3. The van der Waals surface area contributed by atoms with Gasteiger partial charge in [-0.3, -0.25) is 4.79 Å². The largest absolute Gasteiger partial charge is 0.497 e. The van der Waals surface area contributed by atoms with Gasteiger partial charge in [0.25, 0.3) is 5.56 Å². The van der Waals surface area contributed by atoms with Gasteiger partial charge in [-0.05, 0) is 30.3 Å². The average Bonchev–Trinajstić information content (AvgIpc) is 3.53. The van der Waals surface area contributed by atoms with E-state index in [-0.39, 0.29) is 18.0 Å². The predicted molar refractivity (Wildman–Crippen MR) is 123 cm³/mol. The lowest BCUT2D eigenvalue weighted by atomic mass is 10.1. The van der Waals surface area contributed by atoms with E-state index in [1.165, 1.54) is 4.57 Å². The summed E-state index contributed by atoms with van der Waals surface area (Å²) in [7, 11) is 4.73. The van der Waals surface area contributed by atoms with Gasteiger partial charge in [-0.15, -0.1) is 0 Å². The van der Waals surface area contributed by atoms with Crippen molar-refractivity contribution >= 4 is 5.52 Å². The van der Waals surface area contributed by atoms with Gasteiger partial charge in [0.15, 0.2) is 0 Å². The van der Waals surface area contributed by atoms with Gasteiger partial charge in [0.2, 0.25) is 11.7 Å². The van der Waals surface area contributed by atoms with Crippen LogP contribution < -0.4 is 19.8 Å². The second-order valence-electron chi connectivity index (χ2n) is 7.37. The molecule has 0 atom stereocenters. The van der Waals surface area contributed by atoms with E-state index in [1.807, 2.05) is 24.3 Å². The molecular weight excluding hydrogens is 438 g/mol. The van der Waals surface area contributed by atoms with Crippen molar-refractivity contribution in [3.05, 3.63) is 77.2 Å². The van der Waals surface area contributed by atoms with Crippen molar-refractivity contribution in [3.63, 3.8) is 0 Å². The zero-order valence-corrected chi connectivity index (χ0v) is 18.8. The van der Waals surface area contributed by atoms with Crippen LogP contribution in [0.15, 0.2) is 70.2 Å². The minimum atomic E-state index is -0.238. The van der Waals surface area contributed by atoms with Crippen LogP contribution in [0.4, 0.5) is 0 Å². The zero-order valence-electron chi connectivity index (χ0n) is 18.8. The smallest absolute Gasteiger partial charge is 0.277 e.